The second kappa shape index (κ2) is 18.8. The number of pyridine rings is 2. The average molecular weight is 935 g/mol. The fraction of sp³-hybridized carbons (Fsp3) is 0. The topological polar surface area (TPSA) is 45.4 Å². The number of fused-ring (bicyclic) bond motifs is 5. The van der Waals surface area contributed by atoms with Crippen LogP contribution in [0, 0.1) is 0 Å². The van der Waals surface area contributed by atoms with Gasteiger partial charge in [-0.05, 0) is 146 Å². The molecule has 0 N–H and O–H groups in total. The minimum absolute atomic E-state index is 0.843. The van der Waals surface area contributed by atoms with Crippen LogP contribution >= 0.6 is 0 Å². The van der Waals surface area contributed by atoms with Crippen LogP contribution in [0.3, 0.4) is 0 Å². The molecule has 0 unspecified atom stereocenters. The molecule has 0 fully saturated rings. The van der Waals surface area contributed by atoms with E-state index in [-0.39, 0.29) is 0 Å². The van der Waals surface area contributed by atoms with Crippen molar-refractivity contribution in [3.63, 3.8) is 0 Å². The fourth-order valence-corrected chi connectivity index (χ4v) is 10.3. The average Bonchev–Trinajstić information content (AvgIpc) is 3.87. The van der Waals surface area contributed by atoms with Gasteiger partial charge in [-0.2, -0.15) is 0 Å². The molecule has 73 heavy (non-hydrogen) atoms. The summed E-state index contributed by atoms with van der Waals surface area (Å²) >= 11 is 0. The van der Waals surface area contributed by atoms with Crippen LogP contribution in [0.15, 0.2) is 284 Å². The summed E-state index contributed by atoms with van der Waals surface area (Å²) in [6, 6.07) is 91.0. The predicted octanol–water partition coefficient (Wildman–Crippen LogP) is 18.8. The monoisotopic (exact) mass is 934 g/mol. The van der Waals surface area contributed by atoms with Crippen molar-refractivity contribution in [3.05, 3.63) is 280 Å². The third-order valence-electron chi connectivity index (χ3n) is 13.8. The lowest BCUT2D eigenvalue weighted by atomic mass is 9.98. The van der Waals surface area contributed by atoms with Gasteiger partial charge in [0.1, 0.15) is 11.2 Å². The van der Waals surface area contributed by atoms with Crippen molar-refractivity contribution in [2.45, 2.75) is 0 Å². The van der Waals surface area contributed by atoms with Crippen LogP contribution in [0.4, 0.5) is 34.1 Å². The standard InChI is InChI=1S/C68H46N4O/c1-3-13-47(14-4-1)49-25-32-57(33-26-49)71(58-34-27-50(28-35-58)54-19-11-39-69-45-54)61-42-56(64-23-10-24-65-67-63-22-8-7-17-52(63)31-38-66(67)73-68(64)65)43-62(44-61)72(59-36-29-51(30-37-59)55-20-12-40-70-46-55)60-21-9-18-53(41-60)48-15-5-2-6-16-48/h1-46H. The Hall–Kier alpha value is -9.84. The first-order valence-electron chi connectivity index (χ1n) is 24.6. The zero-order valence-electron chi connectivity index (χ0n) is 39.8. The van der Waals surface area contributed by atoms with Crippen LogP contribution in [0.1, 0.15) is 0 Å². The number of rotatable bonds is 11. The Morgan fingerprint density at radius 2 is 0.753 bits per heavy atom. The SMILES string of the molecule is c1ccc(-c2ccc(N(c3ccc(-c4cccnc4)cc3)c3cc(-c4cccc5c4oc4ccc6ccccc6c45)cc(N(c4ccc(-c5cccnc5)cc4)c4cccc(-c5ccccc5)c4)c3)cc2)cc1. The Morgan fingerprint density at radius 1 is 0.288 bits per heavy atom. The number of aromatic nitrogens is 2. The van der Waals surface area contributed by atoms with Gasteiger partial charge >= 0.3 is 0 Å². The molecule has 3 aromatic heterocycles. The van der Waals surface area contributed by atoms with E-state index < -0.39 is 0 Å². The summed E-state index contributed by atoms with van der Waals surface area (Å²) in [5.41, 5.74) is 18.6. The van der Waals surface area contributed by atoms with Crippen molar-refractivity contribution < 1.29 is 4.42 Å². The summed E-state index contributed by atoms with van der Waals surface area (Å²) in [7, 11) is 0. The van der Waals surface area contributed by atoms with Gasteiger partial charge in [-0.3, -0.25) is 9.97 Å². The minimum atomic E-state index is 0.843. The van der Waals surface area contributed by atoms with Crippen molar-refractivity contribution in [2.75, 3.05) is 9.80 Å². The van der Waals surface area contributed by atoms with Gasteiger partial charge in [0.15, 0.2) is 0 Å². The zero-order valence-corrected chi connectivity index (χ0v) is 39.8. The van der Waals surface area contributed by atoms with Gasteiger partial charge in [-0.15, -0.1) is 0 Å². The third-order valence-corrected chi connectivity index (χ3v) is 13.8. The summed E-state index contributed by atoms with van der Waals surface area (Å²) in [5.74, 6) is 0. The highest BCUT2D eigenvalue weighted by Gasteiger charge is 2.23. The lowest BCUT2D eigenvalue weighted by molar-refractivity contribution is 0.670. The summed E-state index contributed by atoms with van der Waals surface area (Å²) in [5, 5.41) is 4.55. The molecular weight excluding hydrogens is 889 g/mol. The summed E-state index contributed by atoms with van der Waals surface area (Å²) < 4.78 is 6.98. The van der Waals surface area contributed by atoms with Gasteiger partial charge in [0.25, 0.3) is 0 Å². The minimum Gasteiger partial charge on any atom is -0.455 e. The lowest BCUT2D eigenvalue weighted by Gasteiger charge is -2.31. The van der Waals surface area contributed by atoms with Crippen molar-refractivity contribution in [1.29, 1.82) is 0 Å². The van der Waals surface area contributed by atoms with E-state index in [4.69, 9.17) is 4.42 Å². The van der Waals surface area contributed by atoms with Gasteiger partial charge in [0.2, 0.25) is 0 Å². The molecule has 13 aromatic rings. The second-order valence-electron chi connectivity index (χ2n) is 18.3. The van der Waals surface area contributed by atoms with Crippen LogP contribution in [-0.2, 0) is 0 Å². The van der Waals surface area contributed by atoms with Crippen LogP contribution in [0.5, 0.6) is 0 Å². The third kappa shape index (κ3) is 8.35. The van der Waals surface area contributed by atoms with E-state index >= 15 is 0 Å². The predicted molar refractivity (Wildman–Crippen MR) is 303 cm³/mol. The highest BCUT2D eigenvalue weighted by Crippen LogP contribution is 2.47. The van der Waals surface area contributed by atoms with Gasteiger partial charge in [-0.1, -0.05) is 170 Å². The summed E-state index contributed by atoms with van der Waals surface area (Å²) in [6.07, 6.45) is 7.45. The van der Waals surface area contributed by atoms with E-state index in [1.54, 1.807) is 0 Å². The molecule has 0 aliphatic carbocycles. The maximum absolute atomic E-state index is 6.98. The van der Waals surface area contributed by atoms with Gasteiger partial charge in [-0.25, -0.2) is 0 Å². The molecule has 3 heterocycles. The van der Waals surface area contributed by atoms with Gasteiger partial charge in [0, 0.05) is 75.2 Å². The van der Waals surface area contributed by atoms with Crippen LogP contribution < -0.4 is 9.80 Å². The van der Waals surface area contributed by atoms with E-state index in [9.17, 15) is 0 Å². The summed E-state index contributed by atoms with van der Waals surface area (Å²) in [4.78, 5) is 13.6. The Morgan fingerprint density at radius 3 is 1.34 bits per heavy atom. The fourth-order valence-electron chi connectivity index (χ4n) is 10.3. The van der Waals surface area contributed by atoms with E-state index in [0.717, 1.165) is 106 Å². The van der Waals surface area contributed by atoms with Crippen molar-refractivity contribution in [1.82, 2.24) is 9.97 Å². The van der Waals surface area contributed by atoms with E-state index in [0.29, 0.717) is 0 Å². The molecule has 13 rings (SSSR count). The molecule has 5 nitrogen and oxygen atoms in total. The second-order valence-corrected chi connectivity index (χ2v) is 18.3. The molecule has 0 radical (unpaired) electrons. The van der Waals surface area contributed by atoms with E-state index in [1.807, 2.05) is 36.9 Å². The molecule has 0 spiro atoms. The Balaban J connectivity index is 1.06. The maximum atomic E-state index is 6.98. The quantitative estimate of drug-likeness (QED) is 0.129. The first-order chi connectivity index (χ1) is 36.2. The molecule has 0 aliphatic rings. The highest BCUT2D eigenvalue weighted by molar-refractivity contribution is 6.20. The zero-order chi connectivity index (χ0) is 48.5. The number of benzene rings is 10. The Labute approximate surface area is 424 Å². The molecule has 5 heteroatoms. The van der Waals surface area contributed by atoms with Crippen molar-refractivity contribution >= 4 is 66.8 Å². The van der Waals surface area contributed by atoms with Crippen LogP contribution in [0.2, 0.25) is 0 Å². The molecule has 0 saturated carbocycles. The van der Waals surface area contributed by atoms with E-state index in [2.05, 4.69) is 262 Å². The molecule has 0 amide bonds. The molecule has 344 valence electrons. The number of anilines is 6. The maximum Gasteiger partial charge on any atom is 0.143 e. The smallest absolute Gasteiger partial charge is 0.143 e. The molecule has 0 bridgehead atoms. The first-order valence-corrected chi connectivity index (χ1v) is 24.6. The number of hydrogen-bond acceptors (Lipinski definition) is 5. The lowest BCUT2D eigenvalue weighted by Crippen LogP contribution is -2.14. The highest BCUT2D eigenvalue weighted by atomic mass is 16.3. The van der Waals surface area contributed by atoms with Gasteiger partial charge < -0.3 is 14.2 Å². The molecule has 10 aromatic carbocycles. The molecule has 0 atom stereocenters. The largest absolute Gasteiger partial charge is 0.455 e. The van der Waals surface area contributed by atoms with Crippen molar-refractivity contribution in [3.8, 4) is 55.6 Å². The Bertz CT molecular complexity index is 3960. The first kappa shape index (κ1) is 43.2. The van der Waals surface area contributed by atoms with Crippen LogP contribution in [-0.4, -0.2) is 9.97 Å². The van der Waals surface area contributed by atoms with Crippen molar-refractivity contribution in [2.24, 2.45) is 0 Å². The Kier molecular flexibility index (Phi) is 11.1. The molecule has 0 saturated heterocycles. The van der Waals surface area contributed by atoms with Crippen LogP contribution in [0.25, 0.3) is 88.3 Å². The normalized spacial score (nSPS) is 11.3. The molecular formula is C68H46N4O. The number of para-hydroxylation sites is 1. The van der Waals surface area contributed by atoms with Gasteiger partial charge in [0.05, 0.1) is 0 Å². The molecule has 0 aliphatic heterocycles. The number of nitrogens with zero attached hydrogens (tertiary/aromatic N) is 4. The summed E-state index contributed by atoms with van der Waals surface area (Å²) in [6.45, 7) is 0. The van der Waals surface area contributed by atoms with E-state index in [1.165, 1.54) is 16.3 Å². The number of hydrogen-bond donors (Lipinski definition) is 0. The number of furan rings is 1.